The Balaban J connectivity index is 1.57. The molecule has 0 N–H and O–H groups in total. The monoisotopic (exact) mass is 398 g/mol. The lowest BCUT2D eigenvalue weighted by Gasteiger charge is -2.32. The Labute approximate surface area is 166 Å². The van der Waals surface area contributed by atoms with E-state index >= 15 is 0 Å². The number of methoxy groups -OCH3 is 1. The highest BCUT2D eigenvalue weighted by Gasteiger charge is 2.29. The van der Waals surface area contributed by atoms with Crippen molar-refractivity contribution in [2.45, 2.75) is 32.7 Å². The standard InChI is InChI=1S/C21H22N2O6/c1-12-10-16(13(2)28-12)19(24)22-8-6-15(7-9-22)23-17-11-14(20(25)27-3)4-5-18(17)29-21(23)26/h4-5,10-11,15H,6-9H2,1-3H3. The van der Waals surface area contributed by atoms with Gasteiger partial charge in [0.15, 0.2) is 5.58 Å². The zero-order chi connectivity index (χ0) is 20.7. The van der Waals surface area contributed by atoms with Crippen molar-refractivity contribution in [3.05, 3.63) is 57.5 Å². The van der Waals surface area contributed by atoms with Gasteiger partial charge in [-0.3, -0.25) is 9.36 Å². The van der Waals surface area contributed by atoms with Gasteiger partial charge < -0.3 is 18.5 Å². The van der Waals surface area contributed by atoms with Crippen molar-refractivity contribution in [1.82, 2.24) is 9.47 Å². The first-order valence-electron chi connectivity index (χ1n) is 9.48. The average Bonchev–Trinajstić information content (AvgIpc) is 3.23. The van der Waals surface area contributed by atoms with Crippen LogP contribution in [0.25, 0.3) is 11.1 Å². The second kappa shape index (κ2) is 7.27. The van der Waals surface area contributed by atoms with Gasteiger partial charge in [0.05, 0.1) is 23.8 Å². The molecule has 3 aromatic rings. The summed E-state index contributed by atoms with van der Waals surface area (Å²) in [5, 5.41) is 0. The summed E-state index contributed by atoms with van der Waals surface area (Å²) in [6.07, 6.45) is 1.22. The number of oxazole rings is 1. The van der Waals surface area contributed by atoms with Crippen LogP contribution in [-0.4, -0.2) is 41.5 Å². The number of esters is 1. The molecule has 8 nitrogen and oxygen atoms in total. The van der Waals surface area contributed by atoms with Gasteiger partial charge in [0, 0.05) is 19.1 Å². The van der Waals surface area contributed by atoms with Gasteiger partial charge in [-0.05, 0) is 51.0 Å². The molecule has 1 aliphatic rings. The number of amides is 1. The first kappa shape index (κ1) is 19.0. The molecule has 1 saturated heterocycles. The quantitative estimate of drug-likeness (QED) is 0.629. The minimum atomic E-state index is -0.474. The Morgan fingerprint density at radius 3 is 2.45 bits per heavy atom. The number of aryl methyl sites for hydroxylation is 2. The van der Waals surface area contributed by atoms with Crippen molar-refractivity contribution >= 4 is 23.0 Å². The first-order valence-corrected chi connectivity index (χ1v) is 9.48. The molecule has 0 spiro atoms. The van der Waals surface area contributed by atoms with Gasteiger partial charge in [0.25, 0.3) is 5.91 Å². The van der Waals surface area contributed by atoms with Gasteiger partial charge in [-0.25, -0.2) is 9.59 Å². The van der Waals surface area contributed by atoms with E-state index in [1.165, 1.54) is 7.11 Å². The van der Waals surface area contributed by atoms with Gasteiger partial charge in [-0.15, -0.1) is 0 Å². The summed E-state index contributed by atoms with van der Waals surface area (Å²) < 4.78 is 17.2. The topological polar surface area (TPSA) is 94.9 Å². The Kier molecular flexibility index (Phi) is 4.77. The normalized spacial score (nSPS) is 15.1. The SMILES string of the molecule is COC(=O)c1ccc2oc(=O)n(C3CCN(C(=O)c4cc(C)oc4C)CC3)c2c1. The van der Waals surface area contributed by atoms with E-state index in [1.54, 1.807) is 40.7 Å². The molecule has 1 aliphatic heterocycles. The third-order valence-electron chi connectivity index (χ3n) is 5.42. The minimum Gasteiger partial charge on any atom is -0.466 e. The van der Waals surface area contributed by atoms with Crippen molar-refractivity contribution < 1.29 is 23.2 Å². The number of furan rings is 1. The molecule has 2 aromatic heterocycles. The van der Waals surface area contributed by atoms with Crippen molar-refractivity contribution in [2.24, 2.45) is 0 Å². The number of piperidine rings is 1. The van der Waals surface area contributed by atoms with Gasteiger partial charge in [0.2, 0.25) is 0 Å². The van der Waals surface area contributed by atoms with E-state index in [0.717, 1.165) is 0 Å². The van der Waals surface area contributed by atoms with E-state index in [-0.39, 0.29) is 11.9 Å². The number of benzene rings is 1. The summed E-state index contributed by atoms with van der Waals surface area (Å²) in [4.78, 5) is 38.9. The summed E-state index contributed by atoms with van der Waals surface area (Å²) in [6, 6.07) is 6.42. The van der Waals surface area contributed by atoms with Crippen molar-refractivity contribution in [1.29, 1.82) is 0 Å². The zero-order valence-electron chi connectivity index (χ0n) is 16.6. The molecule has 8 heteroatoms. The Morgan fingerprint density at radius 2 is 1.83 bits per heavy atom. The maximum absolute atomic E-state index is 12.8. The number of fused-ring (bicyclic) bond motifs is 1. The molecule has 1 aromatic carbocycles. The van der Waals surface area contributed by atoms with Crippen LogP contribution in [0.15, 0.2) is 37.9 Å². The van der Waals surface area contributed by atoms with Crippen molar-refractivity contribution in [3.8, 4) is 0 Å². The molecule has 0 atom stereocenters. The number of carbonyl (C=O) groups is 2. The van der Waals surface area contributed by atoms with E-state index in [9.17, 15) is 14.4 Å². The molecule has 0 bridgehead atoms. The third kappa shape index (κ3) is 3.35. The van der Waals surface area contributed by atoms with Gasteiger partial charge >= 0.3 is 11.7 Å². The molecule has 1 amide bonds. The fourth-order valence-electron chi connectivity index (χ4n) is 3.96. The molecule has 0 saturated carbocycles. The molecule has 0 unspecified atom stereocenters. The van der Waals surface area contributed by atoms with Crippen LogP contribution in [-0.2, 0) is 4.74 Å². The minimum absolute atomic E-state index is 0.0600. The van der Waals surface area contributed by atoms with Gasteiger partial charge in [-0.1, -0.05) is 0 Å². The largest absolute Gasteiger partial charge is 0.466 e. The lowest BCUT2D eigenvalue weighted by Crippen LogP contribution is -2.40. The average molecular weight is 398 g/mol. The highest BCUT2D eigenvalue weighted by Crippen LogP contribution is 2.28. The van der Waals surface area contributed by atoms with Crippen LogP contribution in [0.1, 0.15) is 51.1 Å². The predicted octanol–water partition coefficient (Wildman–Crippen LogP) is 3.07. The maximum atomic E-state index is 12.8. The summed E-state index contributed by atoms with van der Waals surface area (Å²) in [5.41, 5.74) is 1.91. The maximum Gasteiger partial charge on any atom is 0.420 e. The van der Waals surface area contributed by atoms with Crippen LogP contribution in [0.5, 0.6) is 0 Å². The molecular formula is C21H22N2O6. The highest BCUT2D eigenvalue weighted by molar-refractivity contribution is 5.95. The molecule has 152 valence electrons. The number of ether oxygens (including phenoxy) is 1. The first-order chi connectivity index (χ1) is 13.9. The van der Waals surface area contributed by atoms with E-state index in [1.807, 2.05) is 6.92 Å². The number of hydrogen-bond acceptors (Lipinski definition) is 6. The zero-order valence-corrected chi connectivity index (χ0v) is 16.6. The summed E-state index contributed by atoms with van der Waals surface area (Å²) in [5.74, 6) is 0.321. The smallest absolute Gasteiger partial charge is 0.420 e. The number of carbonyl (C=O) groups excluding carboxylic acids is 2. The van der Waals surface area contributed by atoms with E-state index in [4.69, 9.17) is 13.6 Å². The van der Waals surface area contributed by atoms with Crippen LogP contribution in [0.4, 0.5) is 0 Å². The van der Waals surface area contributed by atoms with Crippen molar-refractivity contribution in [2.75, 3.05) is 20.2 Å². The number of likely N-dealkylation sites (tertiary alicyclic amines) is 1. The fraction of sp³-hybridized carbons (Fsp3) is 0.381. The summed E-state index contributed by atoms with van der Waals surface area (Å²) in [7, 11) is 1.31. The van der Waals surface area contributed by atoms with Gasteiger partial charge in [-0.2, -0.15) is 0 Å². The Morgan fingerprint density at radius 1 is 1.10 bits per heavy atom. The van der Waals surface area contributed by atoms with Crippen LogP contribution in [0.3, 0.4) is 0 Å². The molecular weight excluding hydrogens is 376 g/mol. The number of hydrogen-bond donors (Lipinski definition) is 0. The predicted molar refractivity (Wildman–Crippen MR) is 104 cm³/mol. The number of aromatic nitrogens is 1. The Bertz CT molecular complexity index is 1140. The van der Waals surface area contributed by atoms with E-state index in [2.05, 4.69) is 0 Å². The summed E-state index contributed by atoms with van der Waals surface area (Å²) >= 11 is 0. The van der Waals surface area contributed by atoms with Crippen LogP contribution < -0.4 is 5.76 Å². The number of rotatable bonds is 3. The second-order valence-electron chi connectivity index (χ2n) is 7.26. The summed E-state index contributed by atoms with van der Waals surface area (Å²) in [6.45, 7) is 4.63. The molecule has 29 heavy (non-hydrogen) atoms. The second-order valence-corrected chi connectivity index (χ2v) is 7.26. The highest BCUT2D eigenvalue weighted by atomic mass is 16.5. The fourth-order valence-corrected chi connectivity index (χ4v) is 3.96. The molecule has 0 radical (unpaired) electrons. The third-order valence-corrected chi connectivity index (χ3v) is 5.42. The Hall–Kier alpha value is -3.29. The molecule has 4 rings (SSSR count). The molecule has 0 aliphatic carbocycles. The van der Waals surface area contributed by atoms with E-state index in [0.29, 0.717) is 59.7 Å². The molecule has 3 heterocycles. The van der Waals surface area contributed by atoms with Crippen LogP contribution in [0.2, 0.25) is 0 Å². The van der Waals surface area contributed by atoms with Crippen LogP contribution >= 0.6 is 0 Å². The number of nitrogens with zero attached hydrogens (tertiary/aromatic N) is 2. The van der Waals surface area contributed by atoms with Gasteiger partial charge in [0.1, 0.15) is 11.5 Å². The lowest BCUT2D eigenvalue weighted by atomic mass is 10.0. The van der Waals surface area contributed by atoms with Crippen molar-refractivity contribution in [3.63, 3.8) is 0 Å². The lowest BCUT2D eigenvalue weighted by molar-refractivity contribution is 0.0600. The van der Waals surface area contributed by atoms with Crippen LogP contribution in [0, 0.1) is 13.8 Å². The molecule has 1 fully saturated rings. The van der Waals surface area contributed by atoms with E-state index < -0.39 is 11.7 Å².